The van der Waals surface area contributed by atoms with E-state index in [2.05, 4.69) is 65.8 Å². The molecule has 18 heteroatoms. The minimum Gasteiger partial charge on any atom is -1.00 e. The largest absolute Gasteiger partial charge is 1.00 e. The van der Waals surface area contributed by atoms with Crippen molar-refractivity contribution in [3.8, 4) is 22.5 Å². The number of halogens is 3. The van der Waals surface area contributed by atoms with Crippen LogP contribution in [0.25, 0.3) is 33.8 Å². The molecule has 2 aromatic carbocycles. The zero-order valence-corrected chi connectivity index (χ0v) is 44.6. The van der Waals surface area contributed by atoms with Crippen molar-refractivity contribution in [1.82, 2.24) is 43.9 Å². The summed E-state index contributed by atoms with van der Waals surface area (Å²) in [4.78, 5) is 67.2. The van der Waals surface area contributed by atoms with Crippen LogP contribution in [0.5, 0.6) is 0 Å². The number of hydrogen-bond acceptors (Lipinski definition) is 8. The van der Waals surface area contributed by atoms with E-state index in [9.17, 15) is 33.1 Å². The first-order valence-corrected chi connectivity index (χ1v) is 25.0. The van der Waals surface area contributed by atoms with Crippen molar-refractivity contribution < 1.29 is 50.8 Å². The Morgan fingerprint density at radius 1 is 0.662 bits per heavy atom. The summed E-state index contributed by atoms with van der Waals surface area (Å²) in [6.07, 6.45) is 5.46. The van der Waals surface area contributed by atoms with Crippen LogP contribution >= 0.6 is 0 Å². The second kappa shape index (κ2) is 21.1. The molecule has 2 saturated heterocycles. The Hall–Kier alpha value is -6.33. The predicted molar refractivity (Wildman–Crippen MR) is 277 cm³/mol. The van der Waals surface area contributed by atoms with Gasteiger partial charge in [-0.2, -0.15) is 10.2 Å². The van der Waals surface area contributed by atoms with Gasteiger partial charge in [-0.3, -0.25) is 19.2 Å². The zero-order valence-electron chi connectivity index (χ0n) is 43.9. The zero-order chi connectivity index (χ0) is 52.3. The number of quaternary nitrogens is 1. The molecule has 0 unspecified atom stereocenters. The molecule has 1 aliphatic carbocycles. The van der Waals surface area contributed by atoms with E-state index in [1.54, 1.807) is 57.5 Å². The molecule has 6 heterocycles. The quantitative estimate of drug-likeness (QED) is 0.220. The molecule has 0 radical (unpaired) electrons. The van der Waals surface area contributed by atoms with Crippen molar-refractivity contribution in [1.29, 1.82) is 0 Å². The molecule has 398 valence electrons. The normalized spacial score (nSPS) is 19.7. The second-order valence-corrected chi connectivity index (χ2v) is 23.4. The Morgan fingerprint density at radius 3 is 1.49 bits per heavy atom. The highest BCUT2D eigenvalue weighted by molar-refractivity contribution is 5.94. The van der Waals surface area contributed by atoms with Crippen molar-refractivity contribution in [3.05, 3.63) is 107 Å². The van der Waals surface area contributed by atoms with Crippen LogP contribution in [-0.4, -0.2) is 123 Å². The van der Waals surface area contributed by atoms with Gasteiger partial charge in [-0.1, -0.05) is 49.0 Å². The van der Waals surface area contributed by atoms with Gasteiger partial charge < -0.3 is 37.5 Å². The fraction of sp³-hybridized carbons (Fsp3) is 0.500. The lowest BCUT2D eigenvalue weighted by atomic mass is 9.71. The number of hydrogen-bond donors (Lipinski definition) is 2. The Kier molecular flexibility index (Phi) is 16.3. The molecular formula is C56H73ClF2N10O5. The number of fused-ring (bicyclic) bond motifs is 2. The summed E-state index contributed by atoms with van der Waals surface area (Å²) in [5.74, 6) is -1.85. The van der Waals surface area contributed by atoms with Crippen molar-refractivity contribution in [2.75, 3.05) is 39.3 Å². The van der Waals surface area contributed by atoms with Crippen molar-refractivity contribution in [2.24, 2.45) is 11.3 Å². The lowest BCUT2D eigenvalue weighted by Gasteiger charge is -2.48. The number of aliphatic carboxylic acids is 1. The molecule has 2 aliphatic heterocycles. The van der Waals surface area contributed by atoms with E-state index in [0.29, 0.717) is 74.5 Å². The molecule has 0 spiro atoms. The number of amides is 3. The van der Waals surface area contributed by atoms with E-state index in [0.717, 1.165) is 41.0 Å². The van der Waals surface area contributed by atoms with Gasteiger partial charge in [0.1, 0.15) is 23.0 Å². The van der Waals surface area contributed by atoms with Crippen molar-refractivity contribution in [2.45, 2.75) is 131 Å². The van der Waals surface area contributed by atoms with Gasteiger partial charge in [0.15, 0.2) is 11.3 Å². The molecule has 6 aromatic rings. The van der Waals surface area contributed by atoms with E-state index in [1.807, 2.05) is 35.8 Å². The first kappa shape index (κ1) is 57.0. The molecule has 74 heavy (non-hydrogen) atoms. The van der Waals surface area contributed by atoms with Gasteiger partial charge in [0.2, 0.25) is 5.91 Å². The number of rotatable bonds is 6. The van der Waals surface area contributed by atoms with Crippen LogP contribution in [0.15, 0.2) is 73.1 Å². The standard InChI is InChI=1S/C32H40FN5O4.C23H28FN5O.CH4.ClH/c1-30(2,3)23-17-24(20-7-9-22(33)10-8-20)35-38-18-25(34-26(23)38)28(40)37-16-15-36(19-31(37,4)5)27(39)21-11-13-32(6,14-12-21)29(41)42;1-22(2,3)17-12-18(15-6-8-16(24)9-7-15)27-29-13-19(26-20(17)29)21(30)28-11-10-25-14-23(28,4)5;;/h7-10,17-18,21H,11-16,19H2,1-6H3,(H,41,42);6-9,12-13,25H,10-11,14H2,1-5H3;1H4;1H. The summed E-state index contributed by atoms with van der Waals surface area (Å²) in [6.45, 7) is 26.0. The number of piperazine rings is 2. The Bertz CT molecular complexity index is 3040. The molecule has 0 bridgehead atoms. The van der Waals surface area contributed by atoms with Gasteiger partial charge in [-0.15, -0.1) is 0 Å². The van der Waals surface area contributed by atoms with Crippen molar-refractivity contribution in [3.63, 3.8) is 0 Å². The van der Waals surface area contributed by atoms with Crippen LogP contribution in [0.4, 0.5) is 8.78 Å². The highest BCUT2D eigenvalue weighted by atomic mass is 35.5. The summed E-state index contributed by atoms with van der Waals surface area (Å²) in [5, 5.41) is 21.2. The van der Waals surface area contributed by atoms with Crippen LogP contribution < -0.4 is 17.7 Å². The van der Waals surface area contributed by atoms with Gasteiger partial charge in [-0.05, 0) is 132 Å². The van der Waals surface area contributed by atoms with Crippen LogP contribution in [0.2, 0.25) is 0 Å². The Balaban J connectivity index is 0.000000247. The molecule has 4 aromatic heterocycles. The first-order valence-electron chi connectivity index (χ1n) is 25.0. The maximum absolute atomic E-state index is 13.9. The highest BCUT2D eigenvalue weighted by Crippen LogP contribution is 2.40. The highest BCUT2D eigenvalue weighted by Gasteiger charge is 2.44. The number of aromatic nitrogens is 6. The number of carboxylic acids is 1. The van der Waals surface area contributed by atoms with Gasteiger partial charge in [-0.25, -0.2) is 27.8 Å². The molecular weight excluding hydrogens is 966 g/mol. The summed E-state index contributed by atoms with van der Waals surface area (Å²) in [6, 6.07) is 16.4. The van der Waals surface area contributed by atoms with E-state index in [1.165, 1.54) is 24.3 Å². The Morgan fingerprint density at radius 2 is 1.09 bits per heavy atom. The van der Waals surface area contributed by atoms with Crippen LogP contribution in [0.3, 0.4) is 0 Å². The fourth-order valence-corrected chi connectivity index (χ4v) is 10.2. The third-order valence-electron chi connectivity index (χ3n) is 14.8. The predicted octanol–water partition coefficient (Wildman–Crippen LogP) is 5.45. The molecule has 15 nitrogen and oxygen atoms in total. The average molecular weight is 1040 g/mol. The summed E-state index contributed by atoms with van der Waals surface area (Å²) >= 11 is 0. The maximum atomic E-state index is 13.9. The lowest BCUT2D eigenvalue weighted by molar-refractivity contribution is -0.673. The number of nitrogens with two attached hydrogens (primary N) is 1. The molecule has 3 N–H and O–H groups in total. The van der Waals surface area contributed by atoms with E-state index in [4.69, 9.17) is 15.1 Å². The van der Waals surface area contributed by atoms with Crippen LogP contribution in [0.1, 0.15) is 141 Å². The average Bonchev–Trinajstić information content (AvgIpc) is 3.95. The minimum atomic E-state index is -0.801. The molecule has 1 saturated carbocycles. The molecule has 0 atom stereocenters. The van der Waals surface area contributed by atoms with Gasteiger partial charge >= 0.3 is 5.97 Å². The Labute approximate surface area is 439 Å². The van der Waals surface area contributed by atoms with E-state index >= 15 is 0 Å². The van der Waals surface area contributed by atoms with Crippen molar-refractivity contribution >= 4 is 35.0 Å². The van der Waals surface area contributed by atoms with E-state index < -0.39 is 16.9 Å². The molecule has 3 aliphatic rings. The third-order valence-corrected chi connectivity index (χ3v) is 14.8. The van der Waals surface area contributed by atoms with Crippen LogP contribution in [0, 0.1) is 23.0 Å². The SMILES string of the molecule is C.CC(C)(C)c1cc(-c2ccc(F)cc2)nn2cc(C(=O)N3CC[NH2+]CC3(C)C)nc12.CC1(C(=O)O)CCC(C(=O)N2CCN(C(=O)c3cn4nc(-c5ccc(F)cc5)cc(C(C)(C)C)c4n3)C(C)(C)C2)CC1.[Cl-]. The van der Waals surface area contributed by atoms with Crippen LogP contribution in [-0.2, 0) is 20.4 Å². The number of carbonyl (C=O) groups excluding carboxylic acids is 3. The molecule has 3 amide bonds. The molecule has 3 fully saturated rings. The third kappa shape index (κ3) is 11.6. The smallest absolute Gasteiger partial charge is 0.309 e. The summed E-state index contributed by atoms with van der Waals surface area (Å²) in [7, 11) is 0. The van der Waals surface area contributed by atoms with Gasteiger partial charge in [0.05, 0.1) is 59.9 Å². The summed E-state index contributed by atoms with van der Waals surface area (Å²) < 4.78 is 30.3. The van der Waals surface area contributed by atoms with E-state index in [-0.39, 0.29) is 77.2 Å². The topological polar surface area (TPSA) is 175 Å². The number of carboxylic acid groups (broad SMARTS) is 1. The van der Waals surface area contributed by atoms with Gasteiger partial charge in [0, 0.05) is 47.8 Å². The lowest BCUT2D eigenvalue weighted by Crippen LogP contribution is -3.00. The summed E-state index contributed by atoms with van der Waals surface area (Å²) in [5.41, 5.74) is 4.67. The molecule has 9 rings (SSSR count). The second-order valence-electron chi connectivity index (χ2n) is 23.4. The monoisotopic (exact) mass is 1040 g/mol. The first-order chi connectivity index (χ1) is 33.6. The van der Waals surface area contributed by atoms with Gasteiger partial charge in [0.25, 0.3) is 11.8 Å². The number of benzene rings is 2. The number of imidazole rings is 2. The number of nitrogens with zero attached hydrogens (tertiary/aromatic N) is 9. The fourth-order valence-electron chi connectivity index (χ4n) is 10.2. The number of carbonyl (C=O) groups is 4. The maximum Gasteiger partial charge on any atom is 0.309 e. The minimum absolute atomic E-state index is 0.